The van der Waals surface area contributed by atoms with E-state index in [4.69, 9.17) is 4.74 Å². The zero-order chi connectivity index (χ0) is 25.9. The molecule has 3 aromatic carbocycles. The van der Waals surface area contributed by atoms with E-state index in [-0.39, 0.29) is 5.91 Å². The van der Waals surface area contributed by atoms with Crippen molar-refractivity contribution in [2.75, 3.05) is 17.7 Å². The highest BCUT2D eigenvalue weighted by atomic mass is 32.2. The third-order valence-corrected chi connectivity index (χ3v) is 7.05. The smallest absolute Gasteiger partial charge is 0.330 e. The highest BCUT2D eigenvalue weighted by molar-refractivity contribution is 7.98. The third-order valence-electron chi connectivity index (χ3n) is 5.19. The van der Waals surface area contributed by atoms with Gasteiger partial charge in [0.15, 0.2) is 11.7 Å². The number of nitrogens with zero attached hydrogens (tertiary/aromatic N) is 1. The molecule has 37 heavy (non-hydrogen) atoms. The van der Waals surface area contributed by atoms with Crippen LogP contribution in [0.2, 0.25) is 0 Å². The molecule has 1 aromatic heterocycles. The van der Waals surface area contributed by atoms with Crippen LogP contribution in [0.25, 0.3) is 11.3 Å². The van der Waals surface area contributed by atoms with Crippen LogP contribution in [0.4, 0.5) is 5.13 Å². The van der Waals surface area contributed by atoms with Gasteiger partial charge in [-0.05, 0) is 17.7 Å². The number of thiazole rings is 1. The number of anilines is 1. The Morgan fingerprint density at radius 1 is 0.892 bits per heavy atom. The van der Waals surface area contributed by atoms with Gasteiger partial charge in [-0.3, -0.25) is 14.9 Å². The van der Waals surface area contributed by atoms with Crippen molar-refractivity contribution in [2.24, 2.45) is 0 Å². The van der Waals surface area contributed by atoms with Gasteiger partial charge in [-0.25, -0.2) is 9.78 Å². The third kappa shape index (κ3) is 8.03. The number of amides is 2. The molecule has 0 radical (unpaired) electrons. The number of ether oxygens (including phenoxy) is 1. The van der Waals surface area contributed by atoms with Crippen LogP contribution >= 0.6 is 23.1 Å². The van der Waals surface area contributed by atoms with Gasteiger partial charge in [0, 0.05) is 28.0 Å². The number of aromatic nitrogens is 1. The van der Waals surface area contributed by atoms with Crippen LogP contribution in [0.3, 0.4) is 0 Å². The molecule has 4 rings (SSSR count). The number of hydrogen-bond donors (Lipinski definition) is 2. The zero-order valence-corrected chi connectivity index (χ0v) is 21.5. The monoisotopic (exact) mass is 531 g/mol. The predicted octanol–water partition coefficient (Wildman–Crippen LogP) is 5.02. The van der Waals surface area contributed by atoms with Crippen molar-refractivity contribution >= 4 is 46.0 Å². The lowest BCUT2D eigenvalue weighted by Gasteiger charge is -2.17. The molecule has 1 atom stereocenters. The van der Waals surface area contributed by atoms with Crippen LogP contribution in [0.5, 0.6) is 0 Å². The standard InChI is InChI=1S/C28H25N3O4S2/c32-25(31-28-30-23(19-37-28)21-12-6-2-7-13-21)16-35-27(34)24(18-36-17-20-10-4-1-5-11-20)29-26(33)22-14-8-3-9-15-22/h1-15,19,24H,16-18H2,(H,29,33)(H,30,31,32)/t24-/m0/s1. The average molecular weight is 532 g/mol. The van der Waals surface area contributed by atoms with E-state index in [0.29, 0.717) is 22.2 Å². The summed E-state index contributed by atoms with van der Waals surface area (Å²) in [6.45, 7) is -0.486. The lowest BCUT2D eigenvalue weighted by Crippen LogP contribution is -2.44. The Morgan fingerprint density at radius 3 is 2.24 bits per heavy atom. The fourth-order valence-electron chi connectivity index (χ4n) is 3.33. The van der Waals surface area contributed by atoms with E-state index in [0.717, 1.165) is 16.8 Å². The zero-order valence-electron chi connectivity index (χ0n) is 19.8. The Balaban J connectivity index is 1.32. The lowest BCUT2D eigenvalue weighted by molar-refractivity contribution is -0.148. The van der Waals surface area contributed by atoms with E-state index in [1.165, 1.54) is 23.1 Å². The second-order valence-electron chi connectivity index (χ2n) is 7.95. The molecule has 0 saturated heterocycles. The predicted molar refractivity (Wildman–Crippen MR) is 147 cm³/mol. The Hall–Kier alpha value is -3.95. The quantitative estimate of drug-likeness (QED) is 0.264. The van der Waals surface area contributed by atoms with Gasteiger partial charge in [-0.1, -0.05) is 78.9 Å². The van der Waals surface area contributed by atoms with Gasteiger partial charge >= 0.3 is 5.97 Å². The van der Waals surface area contributed by atoms with E-state index in [9.17, 15) is 14.4 Å². The van der Waals surface area contributed by atoms with E-state index in [2.05, 4.69) is 15.6 Å². The number of thioether (sulfide) groups is 1. The first-order chi connectivity index (χ1) is 18.1. The summed E-state index contributed by atoms with van der Waals surface area (Å²) in [4.78, 5) is 42.4. The molecule has 0 unspecified atom stereocenters. The van der Waals surface area contributed by atoms with E-state index < -0.39 is 24.5 Å². The summed E-state index contributed by atoms with van der Waals surface area (Å²) in [7, 11) is 0. The number of hydrogen-bond acceptors (Lipinski definition) is 7. The van der Waals surface area contributed by atoms with Crippen molar-refractivity contribution in [1.82, 2.24) is 10.3 Å². The Bertz CT molecular complexity index is 1320. The van der Waals surface area contributed by atoms with Crippen molar-refractivity contribution in [3.05, 3.63) is 108 Å². The molecule has 4 aromatic rings. The lowest BCUT2D eigenvalue weighted by atomic mass is 10.2. The normalized spacial score (nSPS) is 11.4. The first-order valence-corrected chi connectivity index (χ1v) is 13.6. The minimum atomic E-state index is -0.918. The minimum absolute atomic E-state index is 0.292. The number of esters is 1. The summed E-state index contributed by atoms with van der Waals surface area (Å²) in [5, 5.41) is 7.65. The van der Waals surface area contributed by atoms with Gasteiger partial charge in [0.2, 0.25) is 0 Å². The summed E-state index contributed by atoms with van der Waals surface area (Å²) in [5.41, 5.74) is 3.23. The van der Waals surface area contributed by atoms with Gasteiger partial charge in [0.1, 0.15) is 6.04 Å². The Kier molecular flexibility index (Phi) is 9.45. The van der Waals surface area contributed by atoms with Gasteiger partial charge in [0.05, 0.1) is 5.69 Å². The molecule has 0 fully saturated rings. The average Bonchev–Trinajstić information content (AvgIpc) is 3.41. The van der Waals surface area contributed by atoms with Gasteiger partial charge in [0.25, 0.3) is 11.8 Å². The van der Waals surface area contributed by atoms with Gasteiger partial charge in [-0.2, -0.15) is 11.8 Å². The first kappa shape index (κ1) is 26.1. The molecule has 188 valence electrons. The summed E-state index contributed by atoms with van der Waals surface area (Å²) in [5.74, 6) is -0.610. The summed E-state index contributed by atoms with van der Waals surface area (Å²) >= 11 is 2.78. The fourth-order valence-corrected chi connectivity index (χ4v) is 5.07. The van der Waals surface area contributed by atoms with Crippen molar-refractivity contribution in [1.29, 1.82) is 0 Å². The fraction of sp³-hybridized carbons (Fsp3) is 0.143. The highest BCUT2D eigenvalue weighted by Crippen LogP contribution is 2.24. The second kappa shape index (κ2) is 13.4. The Morgan fingerprint density at radius 2 is 1.54 bits per heavy atom. The number of benzene rings is 3. The summed E-state index contributed by atoms with van der Waals surface area (Å²) in [6, 6.07) is 27.2. The molecule has 1 heterocycles. The number of carbonyl (C=O) groups excluding carboxylic acids is 3. The van der Waals surface area contributed by atoms with Gasteiger partial charge < -0.3 is 10.1 Å². The van der Waals surface area contributed by atoms with Crippen LogP contribution in [0.15, 0.2) is 96.4 Å². The van der Waals surface area contributed by atoms with E-state index >= 15 is 0 Å². The number of nitrogens with one attached hydrogen (secondary N) is 2. The van der Waals surface area contributed by atoms with Crippen molar-refractivity contribution in [3.63, 3.8) is 0 Å². The van der Waals surface area contributed by atoms with Crippen LogP contribution in [-0.2, 0) is 20.1 Å². The summed E-state index contributed by atoms with van der Waals surface area (Å²) in [6.07, 6.45) is 0. The SMILES string of the molecule is O=C(COC(=O)[C@H](CSCc1ccccc1)NC(=O)c1ccccc1)Nc1nc(-c2ccccc2)cs1. The second-order valence-corrected chi connectivity index (χ2v) is 9.84. The van der Waals surface area contributed by atoms with Crippen LogP contribution in [0.1, 0.15) is 15.9 Å². The number of carbonyl (C=O) groups is 3. The van der Waals surface area contributed by atoms with E-state index in [1.807, 2.05) is 72.1 Å². The molecule has 0 aliphatic carbocycles. The summed E-state index contributed by atoms with van der Waals surface area (Å²) < 4.78 is 5.27. The van der Waals surface area contributed by atoms with Crippen LogP contribution in [-0.4, -0.2) is 41.2 Å². The van der Waals surface area contributed by atoms with E-state index in [1.54, 1.807) is 24.3 Å². The molecule has 0 bridgehead atoms. The molecule has 0 aliphatic rings. The van der Waals surface area contributed by atoms with Crippen LogP contribution < -0.4 is 10.6 Å². The maximum atomic E-state index is 12.9. The minimum Gasteiger partial charge on any atom is -0.454 e. The maximum Gasteiger partial charge on any atom is 0.330 e. The number of rotatable bonds is 11. The molecule has 0 aliphatic heterocycles. The van der Waals surface area contributed by atoms with Gasteiger partial charge in [-0.15, -0.1) is 11.3 Å². The van der Waals surface area contributed by atoms with Crippen molar-refractivity contribution in [2.45, 2.75) is 11.8 Å². The highest BCUT2D eigenvalue weighted by Gasteiger charge is 2.24. The van der Waals surface area contributed by atoms with Crippen LogP contribution in [0, 0.1) is 0 Å². The van der Waals surface area contributed by atoms with Crippen molar-refractivity contribution < 1.29 is 19.1 Å². The maximum absolute atomic E-state index is 12.9. The first-order valence-electron chi connectivity index (χ1n) is 11.5. The molecule has 0 saturated carbocycles. The molecule has 2 amide bonds. The topological polar surface area (TPSA) is 97.4 Å². The molecule has 2 N–H and O–H groups in total. The molecular weight excluding hydrogens is 506 g/mol. The molecule has 7 nitrogen and oxygen atoms in total. The molecular formula is C28H25N3O4S2. The largest absolute Gasteiger partial charge is 0.454 e. The van der Waals surface area contributed by atoms with Crippen molar-refractivity contribution in [3.8, 4) is 11.3 Å². The molecule has 0 spiro atoms. The molecule has 9 heteroatoms. The Labute approximate surface area is 223 Å².